The molecule has 14 heteroatoms. The lowest BCUT2D eigenvalue weighted by atomic mass is 10.0. The molecule has 4 unspecified atom stereocenters. The molecule has 184 valence electrons. The highest BCUT2D eigenvalue weighted by Gasteiger charge is 2.31. The topological polar surface area (TPSA) is 243 Å². The molecule has 1 heterocycles. The Kier molecular flexibility index (Phi) is 10.9. The average molecular weight is 469 g/mol. The fourth-order valence-electron chi connectivity index (χ4n) is 2.86. The van der Waals surface area contributed by atoms with E-state index >= 15 is 0 Å². The molecule has 0 aromatic carbocycles. The summed E-state index contributed by atoms with van der Waals surface area (Å²) in [5.41, 5.74) is 11.2. The van der Waals surface area contributed by atoms with Gasteiger partial charge in [0.05, 0.1) is 25.4 Å². The number of hydrogen-bond donors (Lipinski definition) is 8. The molecule has 0 saturated carbocycles. The second kappa shape index (κ2) is 13.1. The first-order valence-corrected chi connectivity index (χ1v) is 10.2. The molecule has 4 atom stereocenters. The molecular formula is C19H31N7O7. The second-order valence-electron chi connectivity index (χ2n) is 7.89. The Morgan fingerprint density at radius 1 is 1.03 bits per heavy atom. The van der Waals surface area contributed by atoms with Gasteiger partial charge in [-0.2, -0.15) is 0 Å². The number of aliphatic hydroxyl groups is 1. The summed E-state index contributed by atoms with van der Waals surface area (Å²) < 4.78 is 0. The first kappa shape index (κ1) is 27.5. The van der Waals surface area contributed by atoms with Crippen LogP contribution in [0.4, 0.5) is 0 Å². The first-order chi connectivity index (χ1) is 15.4. The summed E-state index contributed by atoms with van der Waals surface area (Å²) in [5, 5.41) is 25.6. The molecule has 0 spiro atoms. The van der Waals surface area contributed by atoms with Crippen molar-refractivity contribution < 1.29 is 34.2 Å². The van der Waals surface area contributed by atoms with Gasteiger partial charge in [0.25, 0.3) is 0 Å². The van der Waals surface area contributed by atoms with E-state index in [1.807, 2.05) is 13.8 Å². The quantitative estimate of drug-likeness (QED) is 0.136. The Labute approximate surface area is 189 Å². The summed E-state index contributed by atoms with van der Waals surface area (Å²) >= 11 is 0. The van der Waals surface area contributed by atoms with Crippen LogP contribution in [0.15, 0.2) is 12.5 Å². The molecule has 1 rings (SSSR count). The number of nitrogens with one attached hydrogen (secondary N) is 4. The summed E-state index contributed by atoms with van der Waals surface area (Å²) in [6.07, 6.45) is 2.30. The number of hydrogen-bond acceptors (Lipinski definition) is 8. The molecule has 14 nitrogen and oxygen atoms in total. The minimum absolute atomic E-state index is 0.122. The van der Waals surface area contributed by atoms with E-state index in [0.717, 1.165) is 0 Å². The molecule has 33 heavy (non-hydrogen) atoms. The third-order valence-electron chi connectivity index (χ3n) is 4.51. The molecular weight excluding hydrogens is 438 g/mol. The monoisotopic (exact) mass is 469 g/mol. The number of imidazole rings is 1. The van der Waals surface area contributed by atoms with Crippen molar-refractivity contribution >= 4 is 29.6 Å². The predicted molar refractivity (Wildman–Crippen MR) is 114 cm³/mol. The van der Waals surface area contributed by atoms with Gasteiger partial charge in [-0.15, -0.1) is 0 Å². The molecule has 1 aromatic rings. The van der Waals surface area contributed by atoms with Crippen molar-refractivity contribution in [1.82, 2.24) is 25.9 Å². The third-order valence-corrected chi connectivity index (χ3v) is 4.51. The number of carbonyl (C=O) groups excluding carboxylic acids is 4. The molecule has 10 N–H and O–H groups in total. The van der Waals surface area contributed by atoms with Gasteiger partial charge >= 0.3 is 5.97 Å². The van der Waals surface area contributed by atoms with Crippen LogP contribution in [0.2, 0.25) is 0 Å². The maximum absolute atomic E-state index is 12.7. The van der Waals surface area contributed by atoms with E-state index in [0.29, 0.717) is 12.1 Å². The summed E-state index contributed by atoms with van der Waals surface area (Å²) in [5.74, 6) is -4.79. The van der Waals surface area contributed by atoms with E-state index in [1.54, 1.807) is 0 Å². The highest BCUT2D eigenvalue weighted by atomic mass is 16.4. The van der Waals surface area contributed by atoms with E-state index < -0.39 is 66.8 Å². The van der Waals surface area contributed by atoms with Gasteiger partial charge < -0.3 is 42.6 Å². The lowest BCUT2D eigenvalue weighted by Gasteiger charge is -2.24. The van der Waals surface area contributed by atoms with Crippen LogP contribution in [0.3, 0.4) is 0 Å². The Balaban J connectivity index is 2.95. The average Bonchev–Trinajstić information content (AvgIpc) is 3.22. The first-order valence-electron chi connectivity index (χ1n) is 10.2. The molecule has 0 bridgehead atoms. The van der Waals surface area contributed by atoms with Gasteiger partial charge in [-0.3, -0.25) is 19.2 Å². The van der Waals surface area contributed by atoms with E-state index in [4.69, 9.17) is 11.5 Å². The minimum Gasteiger partial charge on any atom is -0.480 e. The summed E-state index contributed by atoms with van der Waals surface area (Å²) in [7, 11) is 0. The predicted octanol–water partition coefficient (Wildman–Crippen LogP) is -3.27. The molecule has 0 aliphatic heterocycles. The smallest absolute Gasteiger partial charge is 0.326 e. The van der Waals surface area contributed by atoms with Crippen molar-refractivity contribution in [3.05, 3.63) is 18.2 Å². The van der Waals surface area contributed by atoms with Crippen molar-refractivity contribution in [1.29, 1.82) is 0 Å². The SMILES string of the molecule is CC(C)CC(N)C(=O)NC(CO)C(=O)NC(Cc1cnc[nH]1)C(=O)NC(CC(N)=O)C(=O)O. The van der Waals surface area contributed by atoms with Gasteiger partial charge in [-0.25, -0.2) is 9.78 Å². The van der Waals surface area contributed by atoms with Crippen LogP contribution < -0.4 is 27.4 Å². The highest BCUT2D eigenvalue weighted by Crippen LogP contribution is 2.04. The van der Waals surface area contributed by atoms with Crippen molar-refractivity contribution in [2.75, 3.05) is 6.61 Å². The fraction of sp³-hybridized carbons (Fsp3) is 0.579. The van der Waals surface area contributed by atoms with Gasteiger partial charge in [-0.05, 0) is 12.3 Å². The summed E-state index contributed by atoms with van der Waals surface area (Å²) in [6.45, 7) is 2.96. The zero-order valence-electron chi connectivity index (χ0n) is 18.4. The number of aromatic amines is 1. The Hall–Kier alpha value is -3.52. The number of carboxylic acids is 1. The van der Waals surface area contributed by atoms with Crippen molar-refractivity contribution in [3.8, 4) is 0 Å². The van der Waals surface area contributed by atoms with Crippen molar-refractivity contribution in [2.45, 2.75) is 57.3 Å². The Morgan fingerprint density at radius 2 is 1.61 bits per heavy atom. The maximum atomic E-state index is 12.7. The largest absolute Gasteiger partial charge is 0.480 e. The normalized spacial score (nSPS) is 14.6. The number of carboxylic acid groups (broad SMARTS) is 1. The molecule has 0 aliphatic rings. The lowest BCUT2D eigenvalue weighted by Crippen LogP contribution is -2.58. The number of amides is 4. The number of aromatic nitrogens is 2. The van der Waals surface area contributed by atoms with E-state index in [-0.39, 0.29) is 12.3 Å². The number of nitrogens with zero attached hydrogens (tertiary/aromatic N) is 1. The molecule has 1 aromatic heterocycles. The molecule has 0 aliphatic carbocycles. The molecule has 0 fully saturated rings. The number of H-pyrrole nitrogens is 1. The molecule has 0 saturated heterocycles. The maximum Gasteiger partial charge on any atom is 0.326 e. The third kappa shape index (κ3) is 9.65. The Morgan fingerprint density at radius 3 is 2.09 bits per heavy atom. The Bertz CT molecular complexity index is 828. The number of rotatable bonds is 14. The van der Waals surface area contributed by atoms with Crippen LogP contribution in [0.1, 0.15) is 32.4 Å². The fourth-order valence-corrected chi connectivity index (χ4v) is 2.86. The summed E-state index contributed by atoms with van der Waals surface area (Å²) in [4.78, 5) is 66.6. The van der Waals surface area contributed by atoms with Crippen LogP contribution in [-0.2, 0) is 30.4 Å². The van der Waals surface area contributed by atoms with Crippen LogP contribution in [0.5, 0.6) is 0 Å². The van der Waals surface area contributed by atoms with Gasteiger partial charge in [-0.1, -0.05) is 13.8 Å². The van der Waals surface area contributed by atoms with Crippen molar-refractivity contribution in [3.63, 3.8) is 0 Å². The zero-order chi connectivity index (χ0) is 25.1. The standard InChI is InChI=1S/C19H31N7O7/c1-9(2)3-11(20)16(29)26-14(7-27)18(31)24-12(4-10-6-22-8-23-10)17(30)25-13(19(32)33)5-15(21)28/h6,8-9,11-14,27H,3-5,7,20H2,1-2H3,(H2,21,28)(H,22,23)(H,24,31)(H,25,30)(H,26,29)(H,32,33). The number of aliphatic hydroxyl groups excluding tert-OH is 1. The van der Waals surface area contributed by atoms with Gasteiger partial charge in [0.1, 0.15) is 18.1 Å². The zero-order valence-corrected chi connectivity index (χ0v) is 18.4. The number of primary amides is 1. The highest BCUT2D eigenvalue weighted by molar-refractivity contribution is 5.95. The number of aliphatic carboxylic acids is 1. The van der Waals surface area contributed by atoms with Crippen LogP contribution >= 0.6 is 0 Å². The minimum atomic E-state index is -1.61. The molecule has 4 amide bonds. The van der Waals surface area contributed by atoms with Crippen molar-refractivity contribution in [2.24, 2.45) is 17.4 Å². The van der Waals surface area contributed by atoms with E-state index in [9.17, 15) is 34.2 Å². The van der Waals surface area contributed by atoms with Gasteiger partial charge in [0, 0.05) is 18.3 Å². The van der Waals surface area contributed by atoms with Crippen LogP contribution in [0, 0.1) is 5.92 Å². The van der Waals surface area contributed by atoms with Crippen LogP contribution in [-0.4, -0.2) is 80.6 Å². The van der Waals surface area contributed by atoms with Gasteiger partial charge in [0.2, 0.25) is 23.6 Å². The van der Waals surface area contributed by atoms with E-state index in [2.05, 4.69) is 25.9 Å². The van der Waals surface area contributed by atoms with Crippen LogP contribution in [0.25, 0.3) is 0 Å². The second-order valence-corrected chi connectivity index (χ2v) is 7.89. The number of nitrogens with two attached hydrogens (primary N) is 2. The summed E-state index contributed by atoms with van der Waals surface area (Å²) in [6, 6.07) is -5.25. The van der Waals surface area contributed by atoms with Gasteiger partial charge in [0.15, 0.2) is 0 Å². The lowest BCUT2D eigenvalue weighted by molar-refractivity contribution is -0.143. The van der Waals surface area contributed by atoms with E-state index in [1.165, 1.54) is 12.5 Å². The molecule has 0 radical (unpaired) electrons. The number of carbonyl (C=O) groups is 5.